The summed E-state index contributed by atoms with van der Waals surface area (Å²) in [6.07, 6.45) is 1.69. The number of hydrogen-bond acceptors (Lipinski definition) is 3. The van der Waals surface area contributed by atoms with Crippen LogP contribution in [0.1, 0.15) is 5.69 Å². The van der Waals surface area contributed by atoms with Crippen LogP contribution in [-0.2, 0) is 0 Å². The molecule has 94 valence electrons. The van der Waals surface area contributed by atoms with Crippen LogP contribution in [0.15, 0.2) is 18.3 Å². The Kier molecular flexibility index (Phi) is 4.90. The lowest BCUT2D eigenvalue weighted by Crippen LogP contribution is -2.36. The standard InChI is InChI=1S/C12H20N4O/c1-10-9-11(5-6-13-10)14-12(17)16(4)8-7-15(2)3/h5-6,9H,7-8H2,1-4H3,(H,13,14,17). The average Bonchev–Trinajstić information content (AvgIpc) is 2.25. The molecular formula is C12H20N4O. The number of nitrogens with one attached hydrogen (secondary N) is 1. The second-order valence-corrected chi connectivity index (χ2v) is 4.34. The zero-order valence-electron chi connectivity index (χ0n) is 10.9. The molecule has 1 heterocycles. The van der Waals surface area contributed by atoms with Crippen LogP contribution in [0.25, 0.3) is 0 Å². The van der Waals surface area contributed by atoms with Gasteiger partial charge in [-0.05, 0) is 33.2 Å². The van der Waals surface area contributed by atoms with Crippen LogP contribution < -0.4 is 5.32 Å². The number of rotatable bonds is 4. The molecule has 1 N–H and O–H groups in total. The van der Waals surface area contributed by atoms with E-state index >= 15 is 0 Å². The number of pyridine rings is 1. The van der Waals surface area contributed by atoms with Crippen molar-refractivity contribution in [2.45, 2.75) is 6.92 Å². The fourth-order valence-electron chi connectivity index (χ4n) is 1.29. The van der Waals surface area contributed by atoms with E-state index in [1.54, 1.807) is 24.2 Å². The smallest absolute Gasteiger partial charge is 0.321 e. The van der Waals surface area contributed by atoms with Gasteiger partial charge < -0.3 is 15.1 Å². The van der Waals surface area contributed by atoms with Crippen molar-refractivity contribution in [2.24, 2.45) is 0 Å². The van der Waals surface area contributed by atoms with Crippen LogP contribution in [-0.4, -0.2) is 55.0 Å². The summed E-state index contributed by atoms with van der Waals surface area (Å²) >= 11 is 0. The van der Waals surface area contributed by atoms with Gasteiger partial charge in [0.25, 0.3) is 0 Å². The van der Waals surface area contributed by atoms with E-state index < -0.39 is 0 Å². The number of amides is 2. The topological polar surface area (TPSA) is 48.5 Å². The Balaban J connectivity index is 2.48. The van der Waals surface area contributed by atoms with E-state index in [4.69, 9.17) is 0 Å². The minimum atomic E-state index is -0.0996. The lowest BCUT2D eigenvalue weighted by atomic mass is 10.3. The van der Waals surface area contributed by atoms with Crippen molar-refractivity contribution < 1.29 is 4.79 Å². The molecule has 0 aliphatic carbocycles. The summed E-state index contributed by atoms with van der Waals surface area (Å²) in [5.74, 6) is 0. The quantitative estimate of drug-likeness (QED) is 0.860. The van der Waals surface area contributed by atoms with Gasteiger partial charge >= 0.3 is 6.03 Å². The van der Waals surface area contributed by atoms with E-state index in [0.717, 1.165) is 17.9 Å². The monoisotopic (exact) mass is 236 g/mol. The van der Waals surface area contributed by atoms with Crippen molar-refractivity contribution in [1.29, 1.82) is 0 Å². The summed E-state index contributed by atoms with van der Waals surface area (Å²) < 4.78 is 0. The Hall–Kier alpha value is -1.62. The van der Waals surface area contributed by atoms with Gasteiger partial charge in [0.15, 0.2) is 0 Å². The van der Waals surface area contributed by atoms with Crippen molar-refractivity contribution in [3.63, 3.8) is 0 Å². The highest BCUT2D eigenvalue weighted by Crippen LogP contribution is 2.07. The van der Waals surface area contributed by atoms with Crippen molar-refractivity contribution in [3.05, 3.63) is 24.0 Å². The maximum Gasteiger partial charge on any atom is 0.321 e. The fraction of sp³-hybridized carbons (Fsp3) is 0.500. The summed E-state index contributed by atoms with van der Waals surface area (Å²) in [5.41, 5.74) is 1.66. The molecule has 5 heteroatoms. The number of nitrogens with zero attached hydrogens (tertiary/aromatic N) is 3. The van der Waals surface area contributed by atoms with Crippen LogP contribution in [0, 0.1) is 6.92 Å². The fourth-order valence-corrected chi connectivity index (χ4v) is 1.29. The predicted molar refractivity (Wildman–Crippen MR) is 69.2 cm³/mol. The normalized spacial score (nSPS) is 10.4. The third kappa shape index (κ3) is 4.82. The van der Waals surface area contributed by atoms with Crippen molar-refractivity contribution >= 4 is 11.7 Å². The van der Waals surface area contributed by atoms with Gasteiger partial charge in [-0.1, -0.05) is 0 Å². The van der Waals surface area contributed by atoms with Gasteiger partial charge in [0.2, 0.25) is 0 Å². The average molecular weight is 236 g/mol. The number of hydrogen-bond donors (Lipinski definition) is 1. The van der Waals surface area contributed by atoms with Crippen LogP contribution in [0.3, 0.4) is 0 Å². The molecule has 0 saturated carbocycles. The first-order valence-electron chi connectivity index (χ1n) is 5.58. The molecule has 0 fully saturated rings. The largest absolute Gasteiger partial charge is 0.326 e. The molecule has 0 aliphatic rings. The van der Waals surface area contributed by atoms with Gasteiger partial charge in [0.1, 0.15) is 0 Å². The van der Waals surface area contributed by atoms with Crippen molar-refractivity contribution in [1.82, 2.24) is 14.8 Å². The SMILES string of the molecule is Cc1cc(NC(=O)N(C)CCN(C)C)ccn1. The van der Waals surface area contributed by atoms with Crippen LogP contribution in [0.5, 0.6) is 0 Å². The summed E-state index contributed by atoms with van der Waals surface area (Å²) in [6.45, 7) is 3.44. The molecule has 0 atom stereocenters. The Labute approximate surface area is 102 Å². The zero-order chi connectivity index (χ0) is 12.8. The van der Waals surface area contributed by atoms with Gasteiger partial charge in [0, 0.05) is 37.7 Å². The van der Waals surface area contributed by atoms with E-state index in [-0.39, 0.29) is 6.03 Å². The van der Waals surface area contributed by atoms with E-state index in [9.17, 15) is 4.79 Å². The van der Waals surface area contributed by atoms with Crippen molar-refractivity contribution in [3.8, 4) is 0 Å². The number of anilines is 1. The summed E-state index contributed by atoms with van der Waals surface area (Å²) in [5, 5.41) is 2.83. The zero-order valence-corrected chi connectivity index (χ0v) is 10.9. The van der Waals surface area contributed by atoms with Crippen LogP contribution in [0.2, 0.25) is 0 Å². The van der Waals surface area contributed by atoms with Gasteiger partial charge in [-0.3, -0.25) is 4.98 Å². The molecule has 1 rings (SSSR count). The first-order valence-corrected chi connectivity index (χ1v) is 5.58. The number of urea groups is 1. The van der Waals surface area contributed by atoms with E-state index in [2.05, 4.69) is 10.3 Å². The molecule has 0 radical (unpaired) electrons. The highest BCUT2D eigenvalue weighted by Gasteiger charge is 2.08. The molecule has 1 aromatic rings. The van der Waals surface area contributed by atoms with Crippen LogP contribution >= 0.6 is 0 Å². The maximum atomic E-state index is 11.8. The highest BCUT2D eigenvalue weighted by atomic mass is 16.2. The third-order valence-corrected chi connectivity index (χ3v) is 2.38. The van der Waals surface area contributed by atoms with E-state index in [0.29, 0.717) is 6.54 Å². The number of aryl methyl sites for hydroxylation is 1. The van der Waals surface area contributed by atoms with Gasteiger partial charge in [-0.25, -0.2) is 4.79 Å². The number of carbonyl (C=O) groups excluding carboxylic acids is 1. The van der Waals surface area contributed by atoms with Crippen molar-refractivity contribution in [2.75, 3.05) is 39.5 Å². The first kappa shape index (κ1) is 13.4. The molecular weight excluding hydrogens is 216 g/mol. The van der Waals surface area contributed by atoms with Gasteiger partial charge in [-0.2, -0.15) is 0 Å². The number of likely N-dealkylation sites (N-methyl/N-ethyl adjacent to an activating group) is 2. The van der Waals surface area contributed by atoms with Crippen LogP contribution in [0.4, 0.5) is 10.5 Å². The molecule has 1 aromatic heterocycles. The minimum absolute atomic E-state index is 0.0996. The molecule has 2 amide bonds. The Morgan fingerprint density at radius 3 is 2.65 bits per heavy atom. The molecule has 0 unspecified atom stereocenters. The van der Waals surface area contributed by atoms with Gasteiger partial charge in [-0.15, -0.1) is 0 Å². The highest BCUT2D eigenvalue weighted by molar-refractivity contribution is 5.89. The summed E-state index contributed by atoms with van der Waals surface area (Å²) in [7, 11) is 5.75. The second kappa shape index (κ2) is 6.20. The minimum Gasteiger partial charge on any atom is -0.326 e. The van der Waals surface area contributed by atoms with E-state index in [1.165, 1.54) is 0 Å². The maximum absolute atomic E-state index is 11.8. The van der Waals surface area contributed by atoms with E-state index in [1.807, 2.05) is 32.0 Å². The molecule has 0 aromatic carbocycles. The lowest BCUT2D eigenvalue weighted by Gasteiger charge is -2.20. The predicted octanol–water partition coefficient (Wildman–Crippen LogP) is 1.42. The second-order valence-electron chi connectivity index (χ2n) is 4.34. The first-order chi connectivity index (χ1) is 7.99. The molecule has 0 spiro atoms. The molecule has 0 bridgehead atoms. The van der Waals surface area contributed by atoms with Gasteiger partial charge in [0.05, 0.1) is 0 Å². The molecule has 0 aliphatic heterocycles. The molecule has 0 saturated heterocycles. The third-order valence-electron chi connectivity index (χ3n) is 2.38. The Bertz CT molecular complexity index is 379. The Morgan fingerprint density at radius 1 is 1.35 bits per heavy atom. The lowest BCUT2D eigenvalue weighted by molar-refractivity contribution is 0.217. The summed E-state index contributed by atoms with van der Waals surface area (Å²) in [6, 6.07) is 3.53. The molecule has 5 nitrogen and oxygen atoms in total. The summed E-state index contributed by atoms with van der Waals surface area (Å²) in [4.78, 5) is 19.6. The number of carbonyl (C=O) groups is 1. The Morgan fingerprint density at radius 2 is 2.06 bits per heavy atom. The number of aromatic nitrogens is 1. The molecule has 17 heavy (non-hydrogen) atoms.